The summed E-state index contributed by atoms with van der Waals surface area (Å²) < 4.78 is 24.9. The summed E-state index contributed by atoms with van der Waals surface area (Å²) in [6.45, 7) is 6.56. The van der Waals surface area contributed by atoms with E-state index in [0.29, 0.717) is 18.7 Å². The second-order valence-electron chi connectivity index (χ2n) is 5.86. The van der Waals surface area contributed by atoms with Gasteiger partial charge in [-0.3, -0.25) is 4.90 Å². The summed E-state index contributed by atoms with van der Waals surface area (Å²) >= 11 is 0. The van der Waals surface area contributed by atoms with E-state index in [2.05, 4.69) is 11.5 Å². The number of benzene rings is 1. The molecule has 2 heterocycles. The Morgan fingerprint density at radius 2 is 2.10 bits per heavy atom. The Morgan fingerprint density at radius 1 is 1.33 bits per heavy atom. The van der Waals surface area contributed by atoms with Crippen molar-refractivity contribution in [2.24, 2.45) is 0 Å². The second kappa shape index (κ2) is 6.69. The lowest BCUT2D eigenvalue weighted by Gasteiger charge is -2.48. The van der Waals surface area contributed by atoms with Gasteiger partial charge in [-0.2, -0.15) is 0 Å². The van der Waals surface area contributed by atoms with Crippen LogP contribution in [0.3, 0.4) is 0 Å². The van der Waals surface area contributed by atoms with Gasteiger partial charge >= 0.3 is 0 Å². The Kier molecular flexibility index (Phi) is 4.68. The van der Waals surface area contributed by atoms with Gasteiger partial charge in [-0.1, -0.05) is 18.2 Å². The van der Waals surface area contributed by atoms with Crippen LogP contribution in [0.5, 0.6) is 0 Å². The molecule has 3 atom stereocenters. The molecule has 0 aromatic heterocycles. The highest BCUT2D eigenvalue weighted by atomic mass is 19.1. The van der Waals surface area contributed by atoms with Gasteiger partial charge < -0.3 is 9.47 Å². The molecule has 2 saturated heterocycles. The van der Waals surface area contributed by atoms with Crippen LogP contribution in [0.15, 0.2) is 36.9 Å². The predicted molar refractivity (Wildman–Crippen MR) is 79.5 cm³/mol. The molecule has 1 aromatic rings. The maximum absolute atomic E-state index is 13.3. The van der Waals surface area contributed by atoms with Gasteiger partial charge in [0, 0.05) is 18.6 Å². The normalized spacial score (nSPS) is 29.3. The molecule has 0 aliphatic carbocycles. The minimum atomic E-state index is -0.168. The molecule has 2 aliphatic heterocycles. The lowest BCUT2D eigenvalue weighted by atomic mass is 9.91. The van der Waals surface area contributed by atoms with E-state index >= 15 is 0 Å². The van der Waals surface area contributed by atoms with Gasteiger partial charge in [0.1, 0.15) is 5.82 Å². The highest BCUT2D eigenvalue weighted by molar-refractivity contribution is 5.17. The van der Waals surface area contributed by atoms with Crippen molar-refractivity contribution >= 4 is 0 Å². The standard InChI is InChI=1S/C17H22FNO2/c1-2-6-21-17-8-15-11-20-12-16(9-17)19(15)10-13-4-3-5-14(18)7-13/h2-5,7,15-17H,1,6,8-12H2/t15-,16+,17?. The topological polar surface area (TPSA) is 21.7 Å². The molecule has 0 saturated carbocycles. The maximum atomic E-state index is 13.3. The SMILES string of the molecule is C=CCOC1C[C@H]2COC[C@@H](C1)N2Cc1cccc(F)c1. The Labute approximate surface area is 125 Å². The smallest absolute Gasteiger partial charge is 0.123 e. The van der Waals surface area contributed by atoms with Gasteiger partial charge in [-0.25, -0.2) is 4.39 Å². The number of hydrogen-bond donors (Lipinski definition) is 0. The first kappa shape index (κ1) is 14.7. The molecule has 2 bridgehead atoms. The molecular weight excluding hydrogens is 269 g/mol. The molecule has 1 unspecified atom stereocenters. The van der Waals surface area contributed by atoms with E-state index in [0.717, 1.165) is 38.2 Å². The van der Waals surface area contributed by atoms with Crippen molar-refractivity contribution in [3.63, 3.8) is 0 Å². The maximum Gasteiger partial charge on any atom is 0.123 e. The van der Waals surface area contributed by atoms with Gasteiger partial charge in [0.05, 0.1) is 25.9 Å². The first-order valence-electron chi connectivity index (χ1n) is 7.56. The number of halogens is 1. The first-order valence-corrected chi connectivity index (χ1v) is 7.56. The zero-order valence-electron chi connectivity index (χ0n) is 12.2. The van der Waals surface area contributed by atoms with Gasteiger partial charge in [0.15, 0.2) is 0 Å². The Balaban J connectivity index is 1.67. The number of morpholine rings is 1. The van der Waals surface area contributed by atoms with Crippen LogP contribution < -0.4 is 0 Å². The van der Waals surface area contributed by atoms with E-state index in [-0.39, 0.29) is 11.9 Å². The van der Waals surface area contributed by atoms with Crippen molar-refractivity contribution in [1.29, 1.82) is 0 Å². The molecule has 0 amide bonds. The Bertz CT molecular complexity index is 479. The summed E-state index contributed by atoms with van der Waals surface area (Å²) in [5, 5.41) is 0. The number of hydrogen-bond acceptors (Lipinski definition) is 3. The number of piperidine rings is 1. The van der Waals surface area contributed by atoms with Crippen LogP contribution in [0, 0.1) is 5.82 Å². The predicted octanol–water partition coefficient (Wildman–Crippen LogP) is 2.76. The van der Waals surface area contributed by atoms with Gasteiger partial charge in [-0.05, 0) is 30.5 Å². The van der Waals surface area contributed by atoms with E-state index in [1.54, 1.807) is 18.2 Å². The largest absolute Gasteiger partial charge is 0.378 e. The van der Waals surface area contributed by atoms with Crippen LogP contribution in [0.25, 0.3) is 0 Å². The van der Waals surface area contributed by atoms with Crippen molar-refractivity contribution in [1.82, 2.24) is 4.90 Å². The van der Waals surface area contributed by atoms with E-state index < -0.39 is 0 Å². The average Bonchev–Trinajstić information content (AvgIpc) is 2.45. The molecule has 3 rings (SSSR count). The Morgan fingerprint density at radius 3 is 2.76 bits per heavy atom. The highest BCUT2D eigenvalue weighted by Crippen LogP contribution is 2.30. The van der Waals surface area contributed by atoms with Crippen molar-refractivity contribution in [3.8, 4) is 0 Å². The van der Waals surface area contributed by atoms with Crippen LogP contribution in [0.2, 0.25) is 0 Å². The lowest BCUT2D eigenvalue weighted by Crippen LogP contribution is -2.57. The van der Waals surface area contributed by atoms with E-state index in [1.165, 1.54) is 6.07 Å². The average molecular weight is 291 g/mol. The fourth-order valence-corrected chi connectivity index (χ4v) is 3.38. The summed E-state index contributed by atoms with van der Waals surface area (Å²) in [6, 6.07) is 7.59. The minimum Gasteiger partial charge on any atom is -0.378 e. The Hall–Kier alpha value is -1.23. The summed E-state index contributed by atoms with van der Waals surface area (Å²) in [5.41, 5.74) is 1.03. The molecule has 4 heteroatoms. The van der Waals surface area contributed by atoms with Crippen LogP contribution in [0.4, 0.5) is 4.39 Å². The number of nitrogens with zero attached hydrogens (tertiary/aromatic N) is 1. The van der Waals surface area contributed by atoms with Crippen LogP contribution in [-0.2, 0) is 16.0 Å². The molecule has 0 spiro atoms. The number of ether oxygens (including phenoxy) is 2. The van der Waals surface area contributed by atoms with E-state index in [4.69, 9.17) is 9.47 Å². The zero-order valence-corrected chi connectivity index (χ0v) is 12.2. The van der Waals surface area contributed by atoms with Crippen LogP contribution >= 0.6 is 0 Å². The molecule has 3 nitrogen and oxygen atoms in total. The molecule has 114 valence electrons. The first-order chi connectivity index (χ1) is 10.3. The molecule has 0 N–H and O–H groups in total. The highest BCUT2D eigenvalue weighted by Gasteiger charge is 2.39. The van der Waals surface area contributed by atoms with Gasteiger partial charge in [0.25, 0.3) is 0 Å². The molecular formula is C17H22FNO2. The quantitative estimate of drug-likeness (QED) is 0.779. The molecule has 0 radical (unpaired) electrons. The monoisotopic (exact) mass is 291 g/mol. The number of rotatable bonds is 5. The van der Waals surface area contributed by atoms with Crippen LogP contribution in [-0.4, -0.2) is 42.9 Å². The summed E-state index contributed by atoms with van der Waals surface area (Å²) in [7, 11) is 0. The van der Waals surface area contributed by atoms with Crippen molar-refractivity contribution < 1.29 is 13.9 Å². The summed E-state index contributed by atoms with van der Waals surface area (Å²) in [5.74, 6) is -0.168. The number of fused-ring (bicyclic) bond motifs is 2. The van der Waals surface area contributed by atoms with Gasteiger partial charge in [0.2, 0.25) is 0 Å². The third-order valence-corrected chi connectivity index (χ3v) is 4.33. The van der Waals surface area contributed by atoms with E-state index in [9.17, 15) is 4.39 Å². The fraction of sp³-hybridized carbons (Fsp3) is 0.529. The third-order valence-electron chi connectivity index (χ3n) is 4.33. The third kappa shape index (κ3) is 3.51. The van der Waals surface area contributed by atoms with Crippen molar-refractivity contribution in [3.05, 3.63) is 48.3 Å². The van der Waals surface area contributed by atoms with Crippen molar-refractivity contribution in [2.75, 3.05) is 19.8 Å². The lowest BCUT2D eigenvalue weighted by molar-refractivity contribution is -0.119. The fourth-order valence-electron chi connectivity index (χ4n) is 3.38. The van der Waals surface area contributed by atoms with Crippen LogP contribution in [0.1, 0.15) is 18.4 Å². The molecule has 2 fully saturated rings. The summed E-state index contributed by atoms with van der Waals surface area (Å²) in [6.07, 6.45) is 4.02. The summed E-state index contributed by atoms with van der Waals surface area (Å²) in [4.78, 5) is 2.45. The van der Waals surface area contributed by atoms with E-state index in [1.807, 2.05) is 6.07 Å². The van der Waals surface area contributed by atoms with Gasteiger partial charge in [-0.15, -0.1) is 6.58 Å². The van der Waals surface area contributed by atoms with Crippen molar-refractivity contribution in [2.45, 2.75) is 37.6 Å². The molecule has 21 heavy (non-hydrogen) atoms. The second-order valence-corrected chi connectivity index (χ2v) is 5.86. The molecule has 2 aliphatic rings. The minimum absolute atomic E-state index is 0.168. The zero-order chi connectivity index (χ0) is 14.7. The molecule has 1 aromatic carbocycles.